The molecule has 0 bridgehead atoms. The van der Waals surface area contributed by atoms with Crippen LogP contribution in [0.2, 0.25) is 5.02 Å². The van der Waals surface area contributed by atoms with E-state index in [2.05, 4.69) is 24.0 Å². The fraction of sp³-hybridized carbons (Fsp3) is 0.562. The molecular weight excluding hydrogens is 288 g/mol. The van der Waals surface area contributed by atoms with Crippen LogP contribution in [-0.4, -0.2) is 36.5 Å². The number of hydrogen-bond acceptors (Lipinski definition) is 4. The molecule has 0 amide bonds. The van der Waals surface area contributed by atoms with E-state index in [1.165, 1.54) is 19.3 Å². The number of ether oxygens (including phenoxy) is 2. The van der Waals surface area contributed by atoms with Crippen LogP contribution < -0.4 is 9.47 Å². The Morgan fingerprint density at radius 1 is 1.19 bits per heavy atom. The first-order valence-electron chi connectivity index (χ1n) is 7.56. The van der Waals surface area contributed by atoms with Crippen LogP contribution in [0.5, 0.6) is 11.5 Å². The molecular formula is C16H21ClN2O2. The van der Waals surface area contributed by atoms with E-state index in [1.807, 2.05) is 18.3 Å². The van der Waals surface area contributed by atoms with Gasteiger partial charge in [0.1, 0.15) is 13.2 Å². The summed E-state index contributed by atoms with van der Waals surface area (Å²) in [4.78, 5) is 0. The Bertz CT molecular complexity index is 537. The van der Waals surface area contributed by atoms with Gasteiger partial charge < -0.3 is 9.47 Å². The highest BCUT2D eigenvalue weighted by atomic mass is 35.5. The van der Waals surface area contributed by atoms with Crippen molar-refractivity contribution >= 4 is 17.8 Å². The summed E-state index contributed by atoms with van der Waals surface area (Å²) < 4.78 is 11.1. The average Bonchev–Trinajstić information content (AvgIpc) is 2.47. The summed E-state index contributed by atoms with van der Waals surface area (Å²) in [6, 6.07) is 4.77. The van der Waals surface area contributed by atoms with E-state index in [-0.39, 0.29) is 0 Å². The summed E-state index contributed by atoms with van der Waals surface area (Å²) in [7, 11) is 0. The number of benzene rings is 1. The van der Waals surface area contributed by atoms with Crippen molar-refractivity contribution in [2.45, 2.75) is 45.2 Å². The van der Waals surface area contributed by atoms with Gasteiger partial charge in [-0.05, 0) is 50.8 Å². The fourth-order valence-electron chi connectivity index (χ4n) is 2.97. The smallest absolute Gasteiger partial charge is 0.179 e. The van der Waals surface area contributed by atoms with Crippen molar-refractivity contribution in [1.82, 2.24) is 5.01 Å². The minimum absolute atomic E-state index is 0.484. The molecule has 0 saturated carbocycles. The van der Waals surface area contributed by atoms with Crippen LogP contribution in [0.1, 0.15) is 38.7 Å². The second kappa shape index (κ2) is 6.14. The predicted molar refractivity (Wildman–Crippen MR) is 84.7 cm³/mol. The molecule has 3 rings (SSSR count). The second-order valence-electron chi connectivity index (χ2n) is 5.78. The van der Waals surface area contributed by atoms with Gasteiger partial charge in [0.15, 0.2) is 11.5 Å². The van der Waals surface area contributed by atoms with Crippen molar-refractivity contribution in [2.75, 3.05) is 13.2 Å². The lowest BCUT2D eigenvalue weighted by Crippen LogP contribution is -2.39. The van der Waals surface area contributed by atoms with Crippen LogP contribution >= 0.6 is 11.6 Å². The summed E-state index contributed by atoms with van der Waals surface area (Å²) in [6.45, 7) is 5.56. The van der Waals surface area contributed by atoms with Crippen LogP contribution in [0.3, 0.4) is 0 Å². The normalized spacial score (nSPS) is 25.4. The Labute approximate surface area is 130 Å². The lowest BCUT2D eigenvalue weighted by atomic mass is 10.00. The number of hydrogen-bond donors (Lipinski definition) is 0. The Morgan fingerprint density at radius 3 is 2.67 bits per heavy atom. The van der Waals surface area contributed by atoms with E-state index in [0.29, 0.717) is 41.8 Å². The molecule has 0 radical (unpaired) electrons. The van der Waals surface area contributed by atoms with Gasteiger partial charge in [-0.2, -0.15) is 5.10 Å². The second-order valence-corrected chi connectivity index (χ2v) is 6.19. The maximum absolute atomic E-state index is 6.25. The lowest BCUT2D eigenvalue weighted by Gasteiger charge is -2.36. The molecule has 0 aromatic heterocycles. The van der Waals surface area contributed by atoms with Crippen LogP contribution in [0.25, 0.3) is 0 Å². The SMILES string of the molecule is C[C@@H]1CCC[C@@H](C)N1/N=C\c1cc(Cl)c2c(c1)OCCO2. The molecule has 0 N–H and O–H groups in total. The van der Waals surface area contributed by atoms with Crippen molar-refractivity contribution in [1.29, 1.82) is 0 Å². The number of piperidine rings is 1. The summed E-state index contributed by atoms with van der Waals surface area (Å²) in [5.74, 6) is 1.34. The molecule has 2 heterocycles. The molecule has 1 fully saturated rings. The quantitative estimate of drug-likeness (QED) is 0.781. The first kappa shape index (κ1) is 14.5. The highest BCUT2D eigenvalue weighted by Gasteiger charge is 2.23. The van der Waals surface area contributed by atoms with Gasteiger partial charge in [-0.25, -0.2) is 0 Å². The third-order valence-corrected chi connectivity index (χ3v) is 4.39. The van der Waals surface area contributed by atoms with Gasteiger partial charge in [-0.15, -0.1) is 0 Å². The minimum Gasteiger partial charge on any atom is -0.486 e. The van der Waals surface area contributed by atoms with Gasteiger partial charge in [0.05, 0.1) is 11.2 Å². The molecule has 0 unspecified atom stereocenters. The molecule has 2 aliphatic heterocycles. The van der Waals surface area contributed by atoms with Crippen molar-refractivity contribution in [2.24, 2.45) is 5.10 Å². The Kier molecular flexibility index (Phi) is 4.24. The predicted octanol–water partition coefficient (Wildman–Crippen LogP) is 3.71. The zero-order chi connectivity index (χ0) is 14.8. The Balaban J connectivity index is 1.81. The zero-order valence-electron chi connectivity index (χ0n) is 12.5. The Morgan fingerprint density at radius 2 is 1.90 bits per heavy atom. The van der Waals surface area contributed by atoms with Gasteiger partial charge in [-0.1, -0.05) is 11.6 Å². The molecule has 0 spiro atoms. The molecule has 1 saturated heterocycles. The van der Waals surface area contributed by atoms with Crippen molar-refractivity contribution < 1.29 is 9.47 Å². The lowest BCUT2D eigenvalue weighted by molar-refractivity contribution is 0.109. The van der Waals surface area contributed by atoms with Gasteiger partial charge in [0.25, 0.3) is 0 Å². The molecule has 1 aromatic carbocycles. The standard InChI is InChI=1S/C16H21ClN2O2/c1-11-4-3-5-12(2)19(11)18-10-13-8-14(17)16-15(9-13)20-6-7-21-16/h8-12H,3-7H2,1-2H3/b18-10-/t11-,12-/m1/s1. The van der Waals surface area contributed by atoms with E-state index < -0.39 is 0 Å². The number of halogens is 1. The third-order valence-electron chi connectivity index (χ3n) is 4.11. The maximum atomic E-state index is 6.25. The summed E-state index contributed by atoms with van der Waals surface area (Å²) in [6.07, 6.45) is 5.54. The number of hydrazone groups is 1. The Hall–Kier alpha value is -1.42. The number of fused-ring (bicyclic) bond motifs is 1. The van der Waals surface area contributed by atoms with Gasteiger partial charge in [0, 0.05) is 12.1 Å². The van der Waals surface area contributed by atoms with Gasteiger partial charge >= 0.3 is 0 Å². The van der Waals surface area contributed by atoms with Crippen LogP contribution in [0.15, 0.2) is 17.2 Å². The van der Waals surface area contributed by atoms with Crippen LogP contribution in [0.4, 0.5) is 0 Å². The third kappa shape index (κ3) is 3.10. The minimum atomic E-state index is 0.484. The highest BCUT2D eigenvalue weighted by Crippen LogP contribution is 2.38. The summed E-state index contributed by atoms with van der Waals surface area (Å²) in [5.41, 5.74) is 0.939. The molecule has 1 aromatic rings. The largest absolute Gasteiger partial charge is 0.486 e. The highest BCUT2D eigenvalue weighted by molar-refractivity contribution is 6.32. The van der Waals surface area contributed by atoms with Crippen LogP contribution in [0, 0.1) is 0 Å². The number of nitrogens with zero attached hydrogens (tertiary/aromatic N) is 2. The average molecular weight is 309 g/mol. The van der Waals surface area contributed by atoms with E-state index in [9.17, 15) is 0 Å². The molecule has 114 valence electrons. The zero-order valence-corrected chi connectivity index (χ0v) is 13.3. The molecule has 2 aliphatic rings. The van der Waals surface area contributed by atoms with Crippen molar-refractivity contribution in [3.63, 3.8) is 0 Å². The summed E-state index contributed by atoms with van der Waals surface area (Å²) in [5, 5.41) is 7.42. The molecule has 4 nitrogen and oxygen atoms in total. The molecule has 2 atom stereocenters. The number of rotatable bonds is 2. The topological polar surface area (TPSA) is 34.1 Å². The molecule has 5 heteroatoms. The van der Waals surface area contributed by atoms with Crippen molar-refractivity contribution in [3.05, 3.63) is 22.7 Å². The van der Waals surface area contributed by atoms with Crippen LogP contribution in [-0.2, 0) is 0 Å². The summed E-state index contributed by atoms with van der Waals surface area (Å²) >= 11 is 6.25. The van der Waals surface area contributed by atoms with E-state index in [4.69, 9.17) is 21.1 Å². The van der Waals surface area contributed by atoms with Gasteiger partial charge in [0.2, 0.25) is 0 Å². The first-order valence-corrected chi connectivity index (χ1v) is 7.94. The maximum Gasteiger partial charge on any atom is 0.179 e. The first-order chi connectivity index (χ1) is 10.1. The molecule has 0 aliphatic carbocycles. The monoisotopic (exact) mass is 308 g/mol. The van der Waals surface area contributed by atoms with E-state index in [0.717, 1.165) is 5.56 Å². The molecule has 21 heavy (non-hydrogen) atoms. The van der Waals surface area contributed by atoms with E-state index >= 15 is 0 Å². The van der Waals surface area contributed by atoms with Gasteiger partial charge in [-0.3, -0.25) is 5.01 Å². The fourth-order valence-corrected chi connectivity index (χ4v) is 3.25. The van der Waals surface area contributed by atoms with Crippen molar-refractivity contribution in [3.8, 4) is 11.5 Å². The van der Waals surface area contributed by atoms with E-state index in [1.54, 1.807) is 0 Å².